The van der Waals surface area contributed by atoms with E-state index in [2.05, 4.69) is 24.2 Å². The highest BCUT2D eigenvalue weighted by atomic mass is 28.3. The third kappa shape index (κ3) is 2.12. The Balaban J connectivity index is 2.12. The van der Waals surface area contributed by atoms with E-state index in [9.17, 15) is 4.79 Å². The first-order chi connectivity index (χ1) is 6.93. The van der Waals surface area contributed by atoms with Gasteiger partial charge >= 0.3 is 0 Å². The van der Waals surface area contributed by atoms with Crippen molar-refractivity contribution in [2.24, 2.45) is 5.41 Å². The first kappa shape index (κ1) is 11.2. The Morgan fingerprint density at radius 1 is 1.13 bits per heavy atom. The minimum atomic E-state index is -1.41. The number of hydrogen-bond acceptors (Lipinski definition) is 1. The van der Waals surface area contributed by atoms with Crippen LogP contribution in [0.5, 0.6) is 0 Å². The number of rotatable bonds is 1. The monoisotopic (exact) mass is 225 g/mol. The van der Waals surface area contributed by atoms with E-state index in [-0.39, 0.29) is 0 Å². The molecule has 0 N–H and O–H groups in total. The summed E-state index contributed by atoms with van der Waals surface area (Å²) >= 11 is 0. The van der Waals surface area contributed by atoms with E-state index in [0.29, 0.717) is 11.3 Å². The summed E-state index contributed by atoms with van der Waals surface area (Å²) in [4.78, 5) is 12.1. The third-order valence-electron chi connectivity index (χ3n) is 4.04. The van der Waals surface area contributed by atoms with Crippen molar-refractivity contribution in [1.82, 2.24) is 4.57 Å². The minimum Gasteiger partial charge on any atom is -0.369 e. The molecule has 0 unspecified atom stereocenters. The fourth-order valence-electron chi connectivity index (χ4n) is 3.14. The summed E-state index contributed by atoms with van der Waals surface area (Å²) in [7, 11) is -1.41. The molecule has 0 atom stereocenters. The molecule has 0 aromatic rings. The van der Waals surface area contributed by atoms with E-state index in [1.54, 1.807) is 0 Å². The number of nitrogens with zero attached hydrogens (tertiary/aromatic N) is 1. The second kappa shape index (κ2) is 3.61. The van der Waals surface area contributed by atoms with Gasteiger partial charge in [-0.3, -0.25) is 4.79 Å². The molecule has 3 heteroatoms. The van der Waals surface area contributed by atoms with E-state index < -0.39 is 8.24 Å². The van der Waals surface area contributed by atoms with Crippen molar-refractivity contribution in [3.05, 3.63) is 0 Å². The zero-order valence-corrected chi connectivity index (χ0v) is 11.3. The van der Waals surface area contributed by atoms with Crippen molar-refractivity contribution < 1.29 is 4.79 Å². The average molecular weight is 225 g/mol. The van der Waals surface area contributed by atoms with E-state index in [1.165, 1.54) is 32.1 Å². The molecule has 2 aliphatic rings. The molecular formula is C12H23NOSi. The standard InChI is InChI=1S/C12H23NOSi/c1-15(2,3)13-10-12(9-11(13)14)7-5-4-6-8-12/h4-10H2,1-3H3. The van der Waals surface area contributed by atoms with Gasteiger partial charge in [0.25, 0.3) is 0 Å². The second-order valence-electron chi connectivity index (χ2n) is 6.39. The summed E-state index contributed by atoms with van der Waals surface area (Å²) in [6.45, 7) is 7.92. The molecule has 2 fully saturated rings. The fraction of sp³-hybridized carbons (Fsp3) is 0.917. The van der Waals surface area contributed by atoms with E-state index >= 15 is 0 Å². The van der Waals surface area contributed by atoms with Crippen LogP contribution in [0, 0.1) is 5.41 Å². The SMILES string of the molecule is C[Si](C)(C)N1CC2(CCCCC2)CC1=O. The van der Waals surface area contributed by atoms with Crippen LogP contribution in [0.4, 0.5) is 0 Å². The van der Waals surface area contributed by atoms with Crippen LogP contribution in [0.1, 0.15) is 38.5 Å². The van der Waals surface area contributed by atoms with Gasteiger partial charge in [-0.1, -0.05) is 38.9 Å². The largest absolute Gasteiger partial charge is 0.369 e. The van der Waals surface area contributed by atoms with Crippen molar-refractivity contribution in [2.45, 2.75) is 58.2 Å². The van der Waals surface area contributed by atoms with Crippen LogP contribution in [-0.4, -0.2) is 25.3 Å². The lowest BCUT2D eigenvalue weighted by Crippen LogP contribution is -2.47. The van der Waals surface area contributed by atoms with E-state index in [4.69, 9.17) is 0 Å². The molecule has 1 spiro atoms. The van der Waals surface area contributed by atoms with Gasteiger partial charge in [0.05, 0.1) is 0 Å². The molecule has 0 aromatic heterocycles. The predicted molar refractivity (Wildman–Crippen MR) is 65.2 cm³/mol. The molecule has 1 saturated heterocycles. The Bertz CT molecular complexity index is 263. The smallest absolute Gasteiger partial charge is 0.215 e. The van der Waals surface area contributed by atoms with E-state index in [1.807, 2.05) is 0 Å². The molecular weight excluding hydrogens is 202 g/mol. The maximum absolute atomic E-state index is 12.1. The summed E-state index contributed by atoms with van der Waals surface area (Å²) in [5, 5.41) is 0. The van der Waals surface area contributed by atoms with Gasteiger partial charge in [0.2, 0.25) is 5.91 Å². The summed E-state index contributed by atoms with van der Waals surface area (Å²) in [6.07, 6.45) is 7.49. The molecule has 15 heavy (non-hydrogen) atoms. The molecule has 1 heterocycles. The number of amides is 1. The molecule has 0 bridgehead atoms. The molecule has 0 radical (unpaired) electrons. The molecule has 1 saturated carbocycles. The van der Waals surface area contributed by atoms with Crippen LogP contribution < -0.4 is 0 Å². The first-order valence-corrected chi connectivity index (χ1v) is 9.68. The zero-order valence-electron chi connectivity index (χ0n) is 10.3. The normalized spacial score (nSPS) is 26.3. The number of carbonyl (C=O) groups is 1. The Hall–Kier alpha value is -0.313. The molecule has 2 nitrogen and oxygen atoms in total. The molecule has 1 aliphatic heterocycles. The van der Waals surface area contributed by atoms with Gasteiger partial charge < -0.3 is 4.57 Å². The molecule has 1 amide bonds. The van der Waals surface area contributed by atoms with Gasteiger partial charge in [0.1, 0.15) is 0 Å². The highest BCUT2D eigenvalue weighted by Gasteiger charge is 2.46. The Morgan fingerprint density at radius 3 is 2.20 bits per heavy atom. The topological polar surface area (TPSA) is 20.3 Å². The van der Waals surface area contributed by atoms with Crippen LogP contribution in [0.15, 0.2) is 0 Å². The highest BCUT2D eigenvalue weighted by molar-refractivity contribution is 6.75. The quantitative estimate of drug-likeness (QED) is 0.628. The van der Waals surface area contributed by atoms with Crippen molar-refractivity contribution in [2.75, 3.05) is 6.54 Å². The Morgan fingerprint density at radius 2 is 1.73 bits per heavy atom. The Labute approximate surface area is 94.1 Å². The fourth-order valence-corrected chi connectivity index (χ4v) is 4.78. The van der Waals surface area contributed by atoms with Crippen molar-refractivity contribution in [1.29, 1.82) is 0 Å². The third-order valence-corrected chi connectivity index (χ3v) is 6.07. The highest BCUT2D eigenvalue weighted by Crippen LogP contribution is 2.45. The molecule has 0 aromatic carbocycles. The van der Waals surface area contributed by atoms with Gasteiger partial charge in [-0.05, 0) is 18.3 Å². The van der Waals surface area contributed by atoms with Crippen LogP contribution in [0.2, 0.25) is 19.6 Å². The summed E-state index contributed by atoms with van der Waals surface area (Å²) in [5.74, 6) is 0.441. The van der Waals surface area contributed by atoms with E-state index in [0.717, 1.165) is 13.0 Å². The Kier molecular flexibility index (Phi) is 2.69. The van der Waals surface area contributed by atoms with Gasteiger partial charge in [-0.25, -0.2) is 0 Å². The van der Waals surface area contributed by atoms with Crippen LogP contribution in [0.25, 0.3) is 0 Å². The van der Waals surface area contributed by atoms with Crippen molar-refractivity contribution in [3.63, 3.8) is 0 Å². The van der Waals surface area contributed by atoms with Gasteiger partial charge in [0, 0.05) is 13.0 Å². The second-order valence-corrected chi connectivity index (χ2v) is 11.3. The lowest BCUT2D eigenvalue weighted by Gasteiger charge is -2.36. The van der Waals surface area contributed by atoms with Crippen LogP contribution >= 0.6 is 0 Å². The predicted octanol–water partition coefficient (Wildman–Crippen LogP) is 3.00. The van der Waals surface area contributed by atoms with Gasteiger partial charge in [-0.15, -0.1) is 0 Å². The first-order valence-electron chi connectivity index (χ1n) is 6.24. The molecule has 1 aliphatic carbocycles. The van der Waals surface area contributed by atoms with Gasteiger partial charge in [0.15, 0.2) is 8.24 Å². The molecule has 2 rings (SSSR count). The maximum atomic E-state index is 12.1. The summed E-state index contributed by atoms with van der Waals surface area (Å²) in [5.41, 5.74) is 0.385. The van der Waals surface area contributed by atoms with Gasteiger partial charge in [-0.2, -0.15) is 0 Å². The maximum Gasteiger partial charge on any atom is 0.215 e. The number of carbonyl (C=O) groups excluding carboxylic acids is 1. The van der Waals surface area contributed by atoms with Crippen LogP contribution in [-0.2, 0) is 4.79 Å². The van der Waals surface area contributed by atoms with Crippen molar-refractivity contribution in [3.8, 4) is 0 Å². The summed E-state index contributed by atoms with van der Waals surface area (Å²) < 4.78 is 2.23. The lowest BCUT2D eigenvalue weighted by atomic mass is 9.73. The zero-order chi connectivity index (χ0) is 11.1. The summed E-state index contributed by atoms with van der Waals surface area (Å²) in [6, 6.07) is 0. The van der Waals surface area contributed by atoms with Crippen LogP contribution in [0.3, 0.4) is 0 Å². The van der Waals surface area contributed by atoms with Crippen molar-refractivity contribution >= 4 is 14.1 Å². The lowest BCUT2D eigenvalue weighted by molar-refractivity contribution is -0.124. The molecule has 86 valence electrons. The minimum absolute atomic E-state index is 0.385. The number of hydrogen-bond donors (Lipinski definition) is 0. The average Bonchev–Trinajstić information content (AvgIpc) is 2.44.